The van der Waals surface area contributed by atoms with Crippen LogP contribution in [0.3, 0.4) is 0 Å². The molecule has 3 heterocycles. The number of hydrogen-bond acceptors (Lipinski definition) is 7. The van der Waals surface area contributed by atoms with Crippen molar-refractivity contribution in [1.82, 2.24) is 22.6 Å². The molecule has 0 saturated carbocycles. The number of fused-ring (bicyclic) bond motifs is 1. The normalized spacial score (nSPS) is 18.7. The van der Waals surface area contributed by atoms with Gasteiger partial charge in [0, 0.05) is 38.6 Å². The Morgan fingerprint density at radius 1 is 1.32 bits per heavy atom. The van der Waals surface area contributed by atoms with Crippen molar-refractivity contribution in [2.75, 3.05) is 20.2 Å². The van der Waals surface area contributed by atoms with Crippen molar-refractivity contribution >= 4 is 32.8 Å². The van der Waals surface area contributed by atoms with E-state index in [9.17, 15) is 8.42 Å². The number of ether oxygens (including phenoxy) is 1. The van der Waals surface area contributed by atoms with Gasteiger partial charge in [0.1, 0.15) is 28.4 Å². The van der Waals surface area contributed by atoms with Crippen molar-refractivity contribution in [3.8, 4) is 0 Å². The highest BCUT2D eigenvalue weighted by Gasteiger charge is 2.32. The number of imidazole rings is 1. The van der Waals surface area contributed by atoms with E-state index in [-0.39, 0.29) is 10.8 Å². The first-order chi connectivity index (χ1) is 13.5. The van der Waals surface area contributed by atoms with Gasteiger partial charge in [0.15, 0.2) is 0 Å². The minimum Gasteiger partial charge on any atom is -0.377 e. The number of sulfonamides is 1. The number of aryl methyl sites for hydroxylation is 1. The summed E-state index contributed by atoms with van der Waals surface area (Å²) in [6.45, 7) is 4.21. The van der Waals surface area contributed by atoms with E-state index in [0.29, 0.717) is 30.7 Å². The number of benzene rings is 1. The van der Waals surface area contributed by atoms with Gasteiger partial charge in [0.25, 0.3) is 0 Å². The minimum atomic E-state index is -3.61. The minimum absolute atomic E-state index is 0.222. The van der Waals surface area contributed by atoms with Crippen LogP contribution >= 0.6 is 11.7 Å². The Balaban J connectivity index is 1.57. The Morgan fingerprint density at radius 3 is 3.00 bits per heavy atom. The van der Waals surface area contributed by atoms with Crippen LogP contribution in [0, 0.1) is 12.8 Å². The molecule has 8 nitrogen and oxygen atoms in total. The molecule has 0 radical (unpaired) electrons. The fourth-order valence-corrected chi connectivity index (χ4v) is 6.09. The van der Waals surface area contributed by atoms with Gasteiger partial charge in [-0.25, -0.2) is 13.4 Å². The monoisotopic (exact) mass is 421 g/mol. The molecule has 0 bridgehead atoms. The summed E-state index contributed by atoms with van der Waals surface area (Å²) in [5.41, 5.74) is 2.14. The first-order valence-electron chi connectivity index (χ1n) is 9.22. The molecule has 1 saturated heterocycles. The molecule has 0 amide bonds. The molecule has 2 aromatic heterocycles. The van der Waals surface area contributed by atoms with Gasteiger partial charge in [0.2, 0.25) is 10.0 Å². The third-order valence-corrected chi connectivity index (χ3v) is 7.64. The van der Waals surface area contributed by atoms with Crippen LogP contribution < -0.4 is 0 Å². The van der Waals surface area contributed by atoms with E-state index < -0.39 is 10.0 Å². The van der Waals surface area contributed by atoms with Gasteiger partial charge in [-0.05, 0) is 37.8 Å². The van der Waals surface area contributed by atoms with E-state index in [0.717, 1.165) is 42.6 Å². The van der Waals surface area contributed by atoms with Gasteiger partial charge < -0.3 is 9.30 Å². The van der Waals surface area contributed by atoms with Crippen molar-refractivity contribution in [2.24, 2.45) is 5.92 Å². The van der Waals surface area contributed by atoms with Gasteiger partial charge in [-0.2, -0.15) is 13.1 Å². The van der Waals surface area contributed by atoms with E-state index >= 15 is 0 Å². The largest absolute Gasteiger partial charge is 0.377 e. The average molecular weight is 422 g/mol. The van der Waals surface area contributed by atoms with Crippen molar-refractivity contribution in [3.05, 3.63) is 35.9 Å². The Labute approximate surface area is 168 Å². The lowest BCUT2D eigenvalue weighted by atomic mass is 9.99. The fourth-order valence-electron chi connectivity index (χ4n) is 3.79. The summed E-state index contributed by atoms with van der Waals surface area (Å²) < 4.78 is 43.9. The number of nitrogens with zero attached hydrogens (tertiary/aromatic N) is 5. The van der Waals surface area contributed by atoms with Crippen LogP contribution in [-0.2, 0) is 27.9 Å². The van der Waals surface area contributed by atoms with E-state index in [2.05, 4.69) is 18.3 Å². The topological polar surface area (TPSA) is 90.2 Å². The summed E-state index contributed by atoms with van der Waals surface area (Å²) in [6, 6.07) is 5.14. The molecule has 1 fully saturated rings. The predicted octanol–water partition coefficient (Wildman–Crippen LogP) is 2.44. The SMILES string of the molecule is COCc1ncc(C)n1CC1CCCN(S(=O)(=O)c2cccc3nsnc23)C1. The van der Waals surface area contributed by atoms with E-state index in [1.807, 2.05) is 13.1 Å². The third kappa shape index (κ3) is 3.57. The zero-order chi connectivity index (χ0) is 19.7. The summed E-state index contributed by atoms with van der Waals surface area (Å²) in [4.78, 5) is 4.66. The lowest BCUT2D eigenvalue weighted by molar-refractivity contribution is 0.169. The zero-order valence-electron chi connectivity index (χ0n) is 15.9. The smallest absolute Gasteiger partial charge is 0.245 e. The molecule has 0 spiro atoms. The summed E-state index contributed by atoms with van der Waals surface area (Å²) in [7, 11) is -1.96. The lowest BCUT2D eigenvalue weighted by Crippen LogP contribution is -2.41. The van der Waals surface area contributed by atoms with Gasteiger partial charge in [-0.3, -0.25) is 0 Å². The second kappa shape index (κ2) is 7.86. The number of methoxy groups -OCH3 is 1. The Bertz CT molecular complexity index is 1080. The maximum absolute atomic E-state index is 13.3. The quantitative estimate of drug-likeness (QED) is 0.607. The third-order valence-electron chi connectivity index (χ3n) is 5.20. The van der Waals surface area contributed by atoms with Crippen LogP contribution in [0.4, 0.5) is 0 Å². The first kappa shape index (κ1) is 19.4. The van der Waals surface area contributed by atoms with Crippen LogP contribution in [0.25, 0.3) is 11.0 Å². The molecule has 3 aromatic rings. The Morgan fingerprint density at radius 2 is 2.18 bits per heavy atom. The fraction of sp³-hybridized carbons (Fsp3) is 0.500. The first-order valence-corrected chi connectivity index (χ1v) is 11.4. The number of aromatic nitrogens is 4. The molecular formula is C18H23N5O3S2. The van der Waals surface area contributed by atoms with Gasteiger partial charge in [-0.15, -0.1) is 0 Å². The van der Waals surface area contributed by atoms with Gasteiger partial charge in [0.05, 0.1) is 11.7 Å². The molecule has 150 valence electrons. The van der Waals surface area contributed by atoms with Gasteiger partial charge in [-0.1, -0.05) is 6.07 Å². The van der Waals surface area contributed by atoms with Crippen LogP contribution in [-0.4, -0.2) is 51.2 Å². The Kier molecular flexibility index (Phi) is 5.46. The predicted molar refractivity (Wildman–Crippen MR) is 107 cm³/mol. The molecule has 28 heavy (non-hydrogen) atoms. The molecule has 4 rings (SSSR count). The second-order valence-electron chi connectivity index (χ2n) is 7.12. The molecule has 1 aliphatic heterocycles. The summed E-state index contributed by atoms with van der Waals surface area (Å²) in [5, 5.41) is 0. The molecule has 10 heteroatoms. The van der Waals surface area contributed by atoms with Crippen molar-refractivity contribution in [1.29, 1.82) is 0 Å². The molecule has 1 unspecified atom stereocenters. The molecule has 1 aliphatic rings. The Hall–Kier alpha value is -1.88. The van der Waals surface area contributed by atoms with E-state index in [1.54, 1.807) is 29.6 Å². The summed E-state index contributed by atoms with van der Waals surface area (Å²) >= 11 is 1.04. The standard InChI is InChI=1S/C18H23N5O3S2/c1-13-9-19-17(12-26-2)23(13)11-14-5-4-8-22(10-14)28(24,25)16-7-3-6-15-18(16)21-27-20-15/h3,6-7,9,14H,4-5,8,10-12H2,1-2H3. The van der Waals surface area contributed by atoms with Crippen LogP contribution in [0.2, 0.25) is 0 Å². The highest BCUT2D eigenvalue weighted by Crippen LogP contribution is 2.29. The number of hydrogen-bond donors (Lipinski definition) is 0. The molecular weight excluding hydrogens is 398 g/mol. The second-order valence-corrected chi connectivity index (χ2v) is 9.55. The number of rotatable bonds is 6. The average Bonchev–Trinajstić information content (AvgIpc) is 3.30. The molecule has 0 aliphatic carbocycles. The number of piperidine rings is 1. The lowest BCUT2D eigenvalue weighted by Gasteiger charge is -2.32. The van der Waals surface area contributed by atoms with Crippen LogP contribution in [0.5, 0.6) is 0 Å². The summed E-state index contributed by atoms with van der Waals surface area (Å²) in [6.07, 6.45) is 3.66. The zero-order valence-corrected chi connectivity index (χ0v) is 17.5. The van der Waals surface area contributed by atoms with Crippen LogP contribution in [0.1, 0.15) is 24.4 Å². The maximum atomic E-state index is 13.3. The van der Waals surface area contributed by atoms with E-state index in [1.165, 1.54) is 0 Å². The maximum Gasteiger partial charge on any atom is 0.245 e. The van der Waals surface area contributed by atoms with Crippen LogP contribution in [0.15, 0.2) is 29.3 Å². The van der Waals surface area contributed by atoms with Crippen molar-refractivity contribution in [3.63, 3.8) is 0 Å². The van der Waals surface area contributed by atoms with Gasteiger partial charge >= 0.3 is 0 Å². The van der Waals surface area contributed by atoms with Crippen molar-refractivity contribution in [2.45, 2.75) is 37.8 Å². The molecule has 0 N–H and O–H groups in total. The highest BCUT2D eigenvalue weighted by molar-refractivity contribution is 7.89. The highest BCUT2D eigenvalue weighted by atomic mass is 32.2. The summed E-state index contributed by atoms with van der Waals surface area (Å²) in [5.74, 6) is 1.10. The molecule has 1 aromatic carbocycles. The van der Waals surface area contributed by atoms with Crippen molar-refractivity contribution < 1.29 is 13.2 Å². The van der Waals surface area contributed by atoms with E-state index in [4.69, 9.17) is 4.74 Å². The molecule has 1 atom stereocenters.